The standard InChI is InChI=1S/C15H19N3O2/c1-2-19-8-7-14-17-15(20-18-14)13-9-11-5-3-4-6-12(11)10-16-13/h3-6,13,16H,2,7-10H2,1H3. The SMILES string of the molecule is CCOCCc1noc(C2Cc3ccccc3CN2)n1. The lowest BCUT2D eigenvalue weighted by atomic mass is 9.96. The molecule has 0 saturated heterocycles. The first-order valence-electron chi connectivity index (χ1n) is 7.07. The molecule has 0 fully saturated rings. The van der Waals surface area contributed by atoms with Crippen LogP contribution in [0.3, 0.4) is 0 Å². The van der Waals surface area contributed by atoms with E-state index in [1.165, 1.54) is 11.1 Å². The van der Waals surface area contributed by atoms with E-state index >= 15 is 0 Å². The number of ether oxygens (including phenoxy) is 1. The van der Waals surface area contributed by atoms with E-state index in [2.05, 4.69) is 39.7 Å². The van der Waals surface area contributed by atoms with Crippen molar-refractivity contribution in [3.05, 3.63) is 47.1 Å². The van der Waals surface area contributed by atoms with E-state index < -0.39 is 0 Å². The van der Waals surface area contributed by atoms with Gasteiger partial charge in [-0.1, -0.05) is 29.4 Å². The molecule has 20 heavy (non-hydrogen) atoms. The fourth-order valence-electron chi connectivity index (χ4n) is 2.45. The number of aromatic nitrogens is 2. The van der Waals surface area contributed by atoms with E-state index in [1.807, 2.05) is 6.92 Å². The molecule has 1 aliphatic heterocycles. The predicted octanol–water partition coefficient (Wildman–Crippen LogP) is 2.04. The van der Waals surface area contributed by atoms with Gasteiger partial charge in [0.1, 0.15) is 0 Å². The first-order valence-corrected chi connectivity index (χ1v) is 7.07. The third-order valence-corrected chi connectivity index (χ3v) is 3.54. The van der Waals surface area contributed by atoms with Gasteiger partial charge in [-0.3, -0.25) is 0 Å². The van der Waals surface area contributed by atoms with Crippen LogP contribution in [0, 0.1) is 0 Å². The number of hydrogen-bond acceptors (Lipinski definition) is 5. The van der Waals surface area contributed by atoms with E-state index in [1.54, 1.807) is 0 Å². The summed E-state index contributed by atoms with van der Waals surface area (Å²) in [4.78, 5) is 4.46. The molecule has 3 rings (SSSR count). The fourth-order valence-corrected chi connectivity index (χ4v) is 2.45. The van der Waals surface area contributed by atoms with Gasteiger partial charge in [0.25, 0.3) is 0 Å². The van der Waals surface area contributed by atoms with Gasteiger partial charge in [-0.2, -0.15) is 4.98 Å². The Balaban J connectivity index is 1.66. The summed E-state index contributed by atoms with van der Waals surface area (Å²) in [5, 5.41) is 7.46. The summed E-state index contributed by atoms with van der Waals surface area (Å²) < 4.78 is 10.7. The van der Waals surface area contributed by atoms with E-state index in [9.17, 15) is 0 Å². The number of nitrogens with one attached hydrogen (secondary N) is 1. The monoisotopic (exact) mass is 273 g/mol. The molecule has 1 aliphatic rings. The van der Waals surface area contributed by atoms with Crippen molar-refractivity contribution in [3.8, 4) is 0 Å². The number of nitrogens with zero attached hydrogens (tertiary/aromatic N) is 2. The summed E-state index contributed by atoms with van der Waals surface area (Å²) in [6, 6.07) is 8.57. The molecule has 0 saturated carbocycles. The van der Waals surface area contributed by atoms with Crippen molar-refractivity contribution in [2.45, 2.75) is 32.4 Å². The maximum Gasteiger partial charge on any atom is 0.244 e. The topological polar surface area (TPSA) is 60.2 Å². The third-order valence-electron chi connectivity index (χ3n) is 3.54. The molecular weight excluding hydrogens is 254 g/mol. The molecule has 0 spiro atoms. The minimum Gasteiger partial charge on any atom is -0.381 e. The highest BCUT2D eigenvalue weighted by molar-refractivity contribution is 5.30. The quantitative estimate of drug-likeness (QED) is 0.845. The molecule has 0 radical (unpaired) electrons. The van der Waals surface area contributed by atoms with Gasteiger partial charge in [0, 0.05) is 19.6 Å². The molecule has 1 aromatic carbocycles. The molecule has 5 nitrogen and oxygen atoms in total. The summed E-state index contributed by atoms with van der Waals surface area (Å²) in [5.74, 6) is 1.39. The highest BCUT2D eigenvalue weighted by Crippen LogP contribution is 2.24. The number of rotatable bonds is 5. The van der Waals surface area contributed by atoms with Crippen LogP contribution in [0.2, 0.25) is 0 Å². The predicted molar refractivity (Wildman–Crippen MR) is 74.2 cm³/mol. The van der Waals surface area contributed by atoms with Gasteiger partial charge in [-0.15, -0.1) is 0 Å². The lowest BCUT2D eigenvalue weighted by Gasteiger charge is -2.23. The second-order valence-corrected chi connectivity index (χ2v) is 4.90. The van der Waals surface area contributed by atoms with Gasteiger partial charge in [-0.25, -0.2) is 0 Å². The lowest BCUT2D eigenvalue weighted by Crippen LogP contribution is -2.28. The van der Waals surface area contributed by atoms with Gasteiger partial charge >= 0.3 is 0 Å². The van der Waals surface area contributed by atoms with Gasteiger partial charge in [-0.05, 0) is 24.5 Å². The first kappa shape index (κ1) is 13.3. The van der Waals surface area contributed by atoms with Crippen molar-refractivity contribution in [1.82, 2.24) is 15.5 Å². The van der Waals surface area contributed by atoms with E-state index in [0.29, 0.717) is 31.3 Å². The summed E-state index contributed by atoms with van der Waals surface area (Å²) in [5.41, 5.74) is 2.70. The van der Waals surface area contributed by atoms with Crippen LogP contribution in [0.1, 0.15) is 35.8 Å². The van der Waals surface area contributed by atoms with E-state index in [-0.39, 0.29) is 6.04 Å². The van der Waals surface area contributed by atoms with E-state index in [0.717, 1.165) is 13.0 Å². The van der Waals surface area contributed by atoms with Crippen molar-refractivity contribution >= 4 is 0 Å². The van der Waals surface area contributed by atoms with Crippen LogP contribution < -0.4 is 5.32 Å². The second-order valence-electron chi connectivity index (χ2n) is 4.90. The molecule has 1 N–H and O–H groups in total. The van der Waals surface area contributed by atoms with Crippen LogP contribution in [0.25, 0.3) is 0 Å². The average Bonchev–Trinajstić information content (AvgIpc) is 2.96. The van der Waals surface area contributed by atoms with Crippen molar-refractivity contribution in [2.24, 2.45) is 0 Å². The average molecular weight is 273 g/mol. The summed E-state index contributed by atoms with van der Waals surface area (Å²) in [6.07, 6.45) is 1.59. The van der Waals surface area contributed by atoms with Gasteiger partial charge in [0.15, 0.2) is 5.82 Å². The molecule has 106 valence electrons. The fraction of sp³-hybridized carbons (Fsp3) is 0.467. The zero-order valence-corrected chi connectivity index (χ0v) is 11.6. The molecule has 5 heteroatoms. The third kappa shape index (κ3) is 2.89. The summed E-state index contributed by atoms with van der Waals surface area (Å²) in [7, 11) is 0. The van der Waals surface area contributed by atoms with Gasteiger partial charge in [0.05, 0.1) is 12.6 Å². The zero-order valence-electron chi connectivity index (χ0n) is 11.6. The second kappa shape index (κ2) is 6.15. The van der Waals surface area contributed by atoms with Crippen molar-refractivity contribution in [2.75, 3.05) is 13.2 Å². The molecule has 1 atom stereocenters. The molecule has 1 aromatic heterocycles. The van der Waals surface area contributed by atoms with Crippen LogP contribution in [0.15, 0.2) is 28.8 Å². The Kier molecular flexibility index (Phi) is 4.08. The molecule has 0 bridgehead atoms. The zero-order chi connectivity index (χ0) is 13.8. The smallest absolute Gasteiger partial charge is 0.244 e. The molecule has 0 amide bonds. The molecule has 2 heterocycles. The first-order chi connectivity index (χ1) is 9.86. The van der Waals surface area contributed by atoms with Crippen molar-refractivity contribution in [1.29, 1.82) is 0 Å². The van der Waals surface area contributed by atoms with Crippen LogP contribution in [-0.2, 0) is 24.1 Å². The summed E-state index contributed by atoms with van der Waals surface area (Å²) >= 11 is 0. The molecule has 1 unspecified atom stereocenters. The van der Waals surface area contributed by atoms with Crippen molar-refractivity contribution < 1.29 is 9.26 Å². The van der Waals surface area contributed by atoms with Gasteiger partial charge in [0.2, 0.25) is 5.89 Å². The Labute approximate surface area is 118 Å². The molecular formula is C15H19N3O2. The Morgan fingerprint density at radius 1 is 1.35 bits per heavy atom. The maximum absolute atomic E-state index is 5.37. The Morgan fingerprint density at radius 3 is 3.05 bits per heavy atom. The lowest BCUT2D eigenvalue weighted by molar-refractivity contribution is 0.149. The van der Waals surface area contributed by atoms with Crippen LogP contribution in [-0.4, -0.2) is 23.4 Å². The molecule has 0 aliphatic carbocycles. The summed E-state index contributed by atoms with van der Waals surface area (Å²) in [6.45, 7) is 4.17. The van der Waals surface area contributed by atoms with Gasteiger partial charge < -0.3 is 14.6 Å². The van der Waals surface area contributed by atoms with Crippen LogP contribution >= 0.6 is 0 Å². The largest absolute Gasteiger partial charge is 0.381 e. The number of hydrogen-bond donors (Lipinski definition) is 1. The van der Waals surface area contributed by atoms with Crippen molar-refractivity contribution in [3.63, 3.8) is 0 Å². The number of benzene rings is 1. The van der Waals surface area contributed by atoms with E-state index in [4.69, 9.17) is 9.26 Å². The Hall–Kier alpha value is -1.72. The minimum absolute atomic E-state index is 0.109. The van der Waals surface area contributed by atoms with Crippen LogP contribution in [0.5, 0.6) is 0 Å². The normalized spacial score (nSPS) is 17.9. The highest BCUT2D eigenvalue weighted by Gasteiger charge is 2.23. The molecule has 2 aromatic rings. The maximum atomic E-state index is 5.37. The number of fused-ring (bicyclic) bond motifs is 1. The Morgan fingerprint density at radius 2 is 2.20 bits per heavy atom. The minimum atomic E-state index is 0.109. The Bertz CT molecular complexity index is 568. The van der Waals surface area contributed by atoms with Crippen LogP contribution in [0.4, 0.5) is 0 Å². The highest BCUT2D eigenvalue weighted by atomic mass is 16.5.